The molecule has 0 unspecified atom stereocenters. The Hall–Kier alpha value is 0.0200. The van der Waals surface area contributed by atoms with Gasteiger partial charge in [-0.1, -0.05) is 27.2 Å². The molecule has 66 valence electrons. The van der Waals surface area contributed by atoms with E-state index < -0.39 is 0 Å². The maximum atomic E-state index is 11.4. The number of Topliss-reactive ketones (excluding diaryl/α,β-unsaturated/α-hetero) is 1. The van der Waals surface area contributed by atoms with Crippen molar-refractivity contribution >= 4 is 17.5 Å². The van der Waals surface area contributed by atoms with Crippen molar-refractivity contribution in [3.63, 3.8) is 0 Å². The molecule has 0 aliphatic heterocycles. The molecular weight excluding hydrogens is 156 g/mol. The fraction of sp³-hybridized carbons (Fsp3) is 0.889. The lowest BCUT2D eigenvalue weighted by Crippen LogP contribution is -2.21. The molecule has 1 atom stereocenters. The zero-order chi connectivity index (χ0) is 8.85. The molecule has 0 aromatic carbocycles. The first-order valence-corrected chi connectivity index (χ1v) is 5.48. The summed E-state index contributed by atoms with van der Waals surface area (Å²) in [4.78, 5) is 11.4. The van der Waals surface area contributed by atoms with Crippen LogP contribution in [0.1, 0.15) is 33.6 Å². The lowest BCUT2D eigenvalue weighted by molar-refractivity contribution is -0.121. The second-order valence-corrected chi connectivity index (χ2v) is 4.11. The maximum Gasteiger partial charge on any atom is 0.148 e. The molecule has 0 aromatic heterocycles. The Morgan fingerprint density at radius 3 is 2.27 bits per heavy atom. The molecule has 0 N–H and O–H groups in total. The van der Waals surface area contributed by atoms with Crippen LogP contribution in [0.15, 0.2) is 0 Å². The van der Waals surface area contributed by atoms with Crippen LogP contribution in [0.3, 0.4) is 0 Å². The van der Waals surface area contributed by atoms with E-state index in [0.29, 0.717) is 5.78 Å². The molecule has 0 fully saturated rings. The molecule has 0 rings (SSSR count). The van der Waals surface area contributed by atoms with Crippen molar-refractivity contribution in [1.29, 1.82) is 0 Å². The van der Waals surface area contributed by atoms with Gasteiger partial charge in [0.05, 0.1) is 5.25 Å². The third kappa shape index (κ3) is 3.80. The molecular formula is C9H18OS. The summed E-state index contributed by atoms with van der Waals surface area (Å²) in [5, 5.41) is 0.236. The lowest BCUT2D eigenvalue weighted by atomic mass is 10.0. The molecule has 0 saturated heterocycles. The maximum absolute atomic E-state index is 11.4. The average Bonchev–Trinajstić information content (AvgIpc) is 1.98. The van der Waals surface area contributed by atoms with Gasteiger partial charge in [0, 0.05) is 5.92 Å². The van der Waals surface area contributed by atoms with Gasteiger partial charge in [-0.15, -0.1) is 0 Å². The van der Waals surface area contributed by atoms with Gasteiger partial charge in [-0.05, 0) is 12.7 Å². The number of ketones is 1. The monoisotopic (exact) mass is 174 g/mol. The van der Waals surface area contributed by atoms with Crippen LogP contribution in [0.25, 0.3) is 0 Å². The first kappa shape index (κ1) is 11.0. The molecule has 0 aliphatic rings. The zero-order valence-corrected chi connectivity index (χ0v) is 8.70. The number of hydrogen-bond acceptors (Lipinski definition) is 2. The summed E-state index contributed by atoms with van der Waals surface area (Å²) in [5.74, 6) is 0.596. The highest BCUT2D eigenvalue weighted by Gasteiger charge is 2.18. The van der Waals surface area contributed by atoms with E-state index in [0.717, 1.165) is 12.8 Å². The summed E-state index contributed by atoms with van der Waals surface area (Å²) in [5.41, 5.74) is 0. The molecule has 0 saturated carbocycles. The highest BCUT2D eigenvalue weighted by Crippen LogP contribution is 2.17. The molecule has 0 aliphatic carbocycles. The summed E-state index contributed by atoms with van der Waals surface area (Å²) >= 11 is 1.68. The molecule has 0 heterocycles. The molecule has 0 bridgehead atoms. The largest absolute Gasteiger partial charge is 0.298 e. The minimum absolute atomic E-state index is 0.194. The molecule has 0 aromatic rings. The highest BCUT2D eigenvalue weighted by atomic mass is 32.2. The first-order chi connectivity index (χ1) is 5.13. The Bertz CT molecular complexity index is 121. The van der Waals surface area contributed by atoms with Crippen LogP contribution in [0, 0.1) is 5.92 Å². The van der Waals surface area contributed by atoms with Crippen LogP contribution in [0.4, 0.5) is 0 Å². The van der Waals surface area contributed by atoms with E-state index >= 15 is 0 Å². The van der Waals surface area contributed by atoms with E-state index in [9.17, 15) is 4.79 Å². The van der Waals surface area contributed by atoms with E-state index in [1.165, 1.54) is 0 Å². The Labute approximate surface area is 73.9 Å². The SMILES string of the molecule is CCC[C@H](SC)C(=O)C(C)C. The molecule has 1 nitrogen and oxygen atoms in total. The number of rotatable bonds is 5. The van der Waals surface area contributed by atoms with Crippen molar-refractivity contribution in [2.45, 2.75) is 38.9 Å². The molecule has 11 heavy (non-hydrogen) atoms. The molecule has 0 amide bonds. The van der Waals surface area contributed by atoms with Crippen LogP contribution in [0.2, 0.25) is 0 Å². The van der Waals surface area contributed by atoms with Gasteiger partial charge in [-0.25, -0.2) is 0 Å². The minimum Gasteiger partial charge on any atom is -0.298 e. The van der Waals surface area contributed by atoms with Gasteiger partial charge >= 0.3 is 0 Å². The van der Waals surface area contributed by atoms with E-state index in [-0.39, 0.29) is 11.2 Å². The topological polar surface area (TPSA) is 17.1 Å². The normalized spacial score (nSPS) is 13.5. The van der Waals surface area contributed by atoms with Crippen molar-refractivity contribution in [2.24, 2.45) is 5.92 Å². The van der Waals surface area contributed by atoms with Crippen molar-refractivity contribution < 1.29 is 4.79 Å². The van der Waals surface area contributed by atoms with Crippen LogP contribution in [-0.2, 0) is 4.79 Å². The average molecular weight is 174 g/mol. The Morgan fingerprint density at radius 1 is 1.45 bits per heavy atom. The minimum atomic E-state index is 0.194. The predicted octanol–water partition coefficient (Wildman–Crippen LogP) is 2.74. The van der Waals surface area contributed by atoms with Gasteiger partial charge in [0.25, 0.3) is 0 Å². The summed E-state index contributed by atoms with van der Waals surface area (Å²) in [7, 11) is 0. The zero-order valence-electron chi connectivity index (χ0n) is 7.89. The summed E-state index contributed by atoms with van der Waals surface area (Å²) < 4.78 is 0. The van der Waals surface area contributed by atoms with Gasteiger partial charge in [-0.3, -0.25) is 4.79 Å². The van der Waals surface area contributed by atoms with Gasteiger partial charge in [0.15, 0.2) is 0 Å². The lowest BCUT2D eigenvalue weighted by Gasteiger charge is -2.13. The molecule has 0 spiro atoms. The van der Waals surface area contributed by atoms with Crippen molar-refractivity contribution in [3.05, 3.63) is 0 Å². The van der Waals surface area contributed by atoms with Crippen molar-refractivity contribution in [2.75, 3.05) is 6.26 Å². The van der Waals surface area contributed by atoms with E-state index in [1.807, 2.05) is 20.1 Å². The van der Waals surface area contributed by atoms with Crippen LogP contribution < -0.4 is 0 Å². The number of hydrogen-bond donors (Lipinski definition) is 0. The third-order valence-electron chi connectivity index (χ3n) is 1.72. The Balaban J connectivity index is 3.92. The highest BCUT2D eigenvalue weighted by molar-refractivity contribution is 7.99. The molecule has 0 radical (unpaired) electrons. The first-order valence-electron chi connectivity index (χ1n) is 4.20. The summed E-state index contributed by atoms with van der Waals surface area (Å²) in [6.45, 7) is 6.07. The van der Waals surface area contributed by atoms with E-state index in [4.69, 9.17) is 0 Å². The third-order valence-corrected chi connectivity index (χ3v) is 2.76. The predicted molar refractivity (Wildman–Crippen MR) is 52.1 cm³/mol. The summed E-state index contributed by atoms with van der Waals surface area (Å²) in [6, 6.07) is 0. The fourth-order valence-electron chi connectivity index (χ4n) is 1.01. The van der Waals surface area contributed by atoms with Crippen molar-refractivity contribution in [3.8, 4) is 0 Å². The number of carbonyl (C=O) groups excluding carboxylic acids is 1. The fourth-order valence-corrected chi connectivity index (χ4v) is 1.99. The van der Waals surface area contributed by atoms with E-state index in [1.54, 1.807) is 11.8 Å². The van der Waals surface area contributed by atoms with Gasteiger partial charge < -0.3 is 0 Å². The van der Waals surface area contributed by atoms with E-state index in [2.05, 4.69) is 6.92 Å². The van der Waals surface area contributed by atoms with Gasteiger partial charge in [-0.2, -0.15) is 11.8 Å². The second kappa shape index (κ2) is 5.64. The van der Waals surface area contributed by atoms with Gasteiger partial charge in [0.1, 0.15) is 5.78 Å². The number of thioether (sulfide) groups is 1. The second-order valence-electron chi connectivity index (χ2n) is 3.07. The van der Waals surface area contributed by atoms with Crippen LogP contribution in [0.5, 0.6) is 0 Å². The Kier molecular flexibility index (Phi) is 5.65. The summed E-state index contributed by atoms with van der Waals surface area (Å²) in [6.07, 6.45) is 4.14. The standard InChI is InChI=1S/C9H18OS/c1-5-6-8(11-4)9(10)7(2)3/h7-8H,5-6H2,1-4H3/t8-/m0/s1. The number of carbonyl (C=O) groups is 1. The van der Waals surface area contributed by atoms with Crippen LogP contribution >= 0.6 is 11.8 Å². The smallest absolute Gasteiger partial charge is 0.148 e. The Morgan fingerprint density at radius 2 is 2.00 bits per heavy atom. The quantitative estimate of drug-likeness (QED) is 0.637. The molecule has 2 heteroatoms. The van der Waals surface area contributed by atoms with Crippen LogP contribution in [-0.4, -0.2) is 17.3 Å². The van der Waals surface area contributed by atoms with Gasteiger partial charge in [0.2, 0.25) is 0 Å². The van der Waals surface area contributed by atoms with Crippen molar-refractivity contribution in [1.82, 2.24) is 0 Å².